The summed E-state index contributed by atoms with van der Waals surface area (Å²) in [4.78, 5) is 11.6. The second-order valence-electron chi connectivity index (χ2n) is 5.20. The van der Waals surface area contributed by atoms with E-state index in [1.807, 2.05) is 24.3 Å². The van der Waals surface area contributed by atoms with Crippen LogP contribution in [0.25, 0.3) is 10.8 Å². The van der Waals surface area contributed by atoms with Gasteiger partial charge in [-0.3, -0.25) is 4.79 Å². The van der Waals surface area contributed by atoms with Crippen LogP contribution in [0.1, 0.15) is 20.3 Å². The maximum absolute atomic E-state index is 12.2. The summed E-state index contributed by atoms with van der Waals surface area (Å²) in [5.41, 5.74) is 0. The Balaban J connectivity index is 2.04. The molecular formula is C16H19NO4S. The van der Waals surface area contributed by atoms with Crippen LogP contribution in [-0.2, 0) is 19.6 Å². The summed E-state index contributed by atoms with van der Waals surface area (Å²) in [7, 11) is -3.63. The summed E-state index contributed by atoms with van der Waals surface area (Å²) in [5.74, 6) is -0.420. The van der Waals surface area contributed by atoms with Gasteiger partial charge in [-0.25, -0.2) is 13.1 Å². The number of rotatable bonds is 6. The SMILES string of the molecule is CC(C)OC(=O)CCNS(=O)(=O)c1ccc2ccccc2c1. The van der Waals surface area contributed by atoms with Gasteiger partial charge in [0, 0.05) is 6.54 Å². The lowest BCUT2D eigenvalue weighted by atomic mass is 10.1. The highest BCUT2D eigenvalue weighted by Crippen LogP contribution is 2.18. The predicted molar refractivity (Wildman–Crippen MR) is 85.0 cm³/mol. The van der Waals surface area contributed by atoms with Gasteiger partial charge in [-0.1, -0.05) is 30.3 Å². The van der Waals surface area contributed by atoms with E-state index in [0.29, 0.717) is 0 Å². The average molecular weight is 321 g/mol. The maximum Gasteiger partial charge on any atom is 0.307 e. The molecule has 2 rings (SSSR count). The molecule has 0 heterocycles. The summed E-state index contributed by atoms with van der Waals surface area (Å²) in [5, 5.41) is 1.83. The van der Waals surface area contributed by atoms with Gasteiger partial charge in [0.25, 0.3) is 0 Å². The number of carbonyl (C=O) groups excluding carboxylic acids is 1. The van der Waals surface area contributed by atoms with E-state index >= 15 is 0 Å². The maximum atomic E-state index is 12.2. The summed E-state index contributed by atoms with van der Waals surface area (Å²) in [6.45, 7) is 3.51. The number of benzene rings is 2. The third kappa shape index (κ3) is 4.29. The Morgan fingerprint density at radius 1 is 1.14 bits per heavy atom. The molecule has 0 spiro atoms. The third-order valence-corrected chi connectivity index (χ3v) is 4.48. The molecule has 0 aromatic heterocycles. The van der Waals surface area contributed by atoms with Gasteiger partial charge in [0.05, 0.1) is 17.4 Å². The smallest absolute Gasteiger partial charge is 0.307 e. The molecule has 0 saturated heterocycles. The van der Waals surface area contributed by atoms with Crippen LogP contribution < -0.4 is 4.72 Å². The summed E-state index contributed by atoms with van der Waals surface area (Å²) in [6, 6.07) is 12.5. The first-order chi connectivity index (χ1) is 10.4. The molecule has 118 valence electrons. The number of hydrogen-bond donors (Lipinski definition) is 1. The lowest BCUT2D eigenvalue weighted by Gasteiger charge is -2.09. The van der Waals surface area contributed by atoms with Crippen molar-refractivity contribution in [3.63, 3.8) is 0 Å². The van der Waals surface area contributed by atoms with Crippen LogP contribution in [0.3, 0.4) is 0 Å². The standard InChI is InChI=1S/C16H19NO4S/c1-12(2)21-16(18)9-10-17-22(19,20)15-8-7-13-5-3-4-6-14(13)11-15/h3-8,11-12,17H,9-10H2,1-2H3. The van der Waals surface area contributed by atoms with E-state index in [1.165, 1.54) is 0 Å². The molecule has 0 aliphatic rings. The number of fused-ring (bicyclic) bond motifs is 1. The minimum atomic E-state index is -3.63. The minimum Gasteiger partial charge on any atom is -0.463 e. The fraction of sp³-hybridized carbons (Fsp3) is 0.312. The van der Waals surface area contributed by atoms with Crippen LogP contribution in [0, 0.1) is 0 Å². The molecule has 0 radical (unpaired) electrons. The number of ether oxygens (including phenoxy) is 1. The van der Waals surface area contributed by atoms with E-state index in [0.717, 1.165) is 10.8 Å². The van der Waals surface area contributed by atoms with Gasteiger partial charge in [0.15, 0.2) is 0 Å². The van der Waals surface area contributed by atoms with Crippen molar-refractivity contribution >= 4 is 26.8 Å². The van der Waals surface area contributed by atoms with Crippen molar-refractivity contribution in [2.45, 2.75) is 31.3 Å². The Hall–Kier alpha value is -1.92. The Bertz CT molecular complexity index is 769. The highest BCUT2D eigenvalue weighted by atomic mass is 32.2. The molecule has 6 heteroatoms. The van der Waals surface area contributed by atoms with Gasteiger partial charge in [0.1, 0.15) is 0 Å². The van der Waals surface area contributed by atoms with Crippen molar-refractivity contribution in [2.75, 3.05) is 6.54 Å². The molecule has 2 aromatic rings. The van der Waals surface area contributed by atoms with Crippen molar-refractivity contribution < 1.29 is 17.9 Å². The molecule has 22 heavy (non-hydrogen) atoms. The van der Waals surface area contributed by atoms with Gasteiger partial charge in [-0.2, -0.15) is 0 Å². The fourth-order valence-electron chi connectivity index (χ4n) is 2.03. The van der Waals surface area contributed by atoms with Gasteiger partial charge < -0.3 is 4.74 Å². The highest BCUT2D eigenvalue weighted by molar-refractivity contribution is 7.89. The fourth-order valence-corrected chi connectivity index (χ4v) is 3.09. The molecule has 5 nitrogen and oxygen atoms in total. The molecule has 0 bridgehead atoms. The molecule has 0 fully saturated rings. The van der Waals surface area contributed by atoms with Crippen LogP contribution in [0.5, 0.6) is 0 Å². The first kappa shape index (κ1) is 16.5. The number of hydrogen-bond acceptors (Lipinski definition) is 4. The van der Waals surface area contributed by atoms with Gasteiger partial charge in [-0.05, 0) is 36.8 Å². The number of esters is 1. The minimum absolute atomic E-state index is 0.00495. The molecule has 0 unspecified atom stereocenters. The third-order valence-electron chi connectivity index (χ3n) is 3.02. The quantitative estimate of drug-likeness (QED) is 0.830. The number of carbonyl (C=O) groups is 1. The van der Waals surface area contributed by atoms with Crippen LogP contribution in [0.15, 0.2) is 47.4 Å². The van der Waals surface area contributed by atoms with E-state index in [2.05, 4.69) is 4.72 Å². The van der Waals surface area contributed by atoms with Crippen molar-refractivity contribution in [1.29, 1.82) is 0 Å². The average Bonchev–Trinajstić information content (AvgIpc) is 2.45. The summed E-state index contributed by atoms with van der Waals surface area (Å²) < 4.78 is 31.8. The first-order valence-electron chi connectivity index (χ1n) is 7.06. The Kier molecular flexibility index (Phi) is 5.15. The van der Waals surface area contributed by atoms with Crippen LogP contribution in [-0.4, -0.2) is 27.0 Å². The van der Waals surface area contributed by atoms with E-state index in [1.54, 1.807) is 32.0 Å². The van der Waals surface area contributed by atoms with E-state index in [4.69, 9.17) is 4.74 Å². The highest BCUT2D eigenvalue weighted by Gasteiger charge is 2.15. The lowest BCUT2D eigenvalue weighted by molar-refractivity contribution is -0.147. The normalized spacial score (nSPS) is 11.8. The predicted octanol–water partition coefficient (Wildman–Crippen LogP) is 2.46. The second kappa shape index (κ2) is 6.89. The van der Waals surface area contributed by atoms with Crippen LogP contribution >= 0.6 is 0 Å². The zero-order chi connectivity index (χ0) is 16.2. The van der Waals surface area contributed by atoms with Gasteiger partial charge in [0.2, 0.25) is 10.0 Å². The van der Waals surface area contributed by atoms with Crippen molar-refractivity contribution in [2.24, 2.45) is 0 Å². The molecule has 0 atom stereocenters. The van der Waals surface area contributed by atoms with Crippen molar-refractivity contribution in [3.05, 3.63) is 42.5 Å². The molecule has 0 amide bonds. The molecule has 2 aromatic carbocycles. The summed E-state index contributed by atoms with van der Waals surface area (Å²) in [6.07, 6.45) is -0.199. The first-order valence-corrected chi connectivity index (χ1v) is 8.55. The number of nitrogens with one attached hydrogen (secondary N) is 1. The van der Waals surface area contributed by atoms with Gasteiger partial charge >= 0.3 is 5.97 Å². The van der Waals surface area contributed by atoms with Crippen LogP contribution in [0.2, 0.25) is 0 Å². The zero-order valence-electron chi connectivity index (χ0n) is 12.6. The molecular weight excluding hydrogens is 302 g/mol. The molecule has 0 aliphatic heterocycles. The van der Waals surface area contributed by atoms with E-state index < -0.39 is 16.0 Å². The zero-order valence-corrected chi connectivity index (χ0v) is 13.4. The Labute approximate surface area is 130 Å². The van der Waals surface area contributed by atoms with Crippen molar-refractivity contribution in [1.82, 2.24) is 4.72 Å². The van der Waals surface area contributed by atoms with Gasteiger partial charge in [-0.15, -0.1) is 0 Å². The Morgan fingerprint density at radius 2 is 1.82 bits per heavy atom. The molecule has 0 aliphatic carbocycles. The second-order valence-corrected chi connectivity index (χ2v) is 6.96. The summed E-state index contributed by atoms with van der Waals surface area (Å²) >= 11 is 0. The van der Waals surface area contributed by atoms with E-state index in [9.17, 15) is 13.2 Å². The largest absolute Gasteiger partial charge is 0.463 e. The molecule has 0 saturated carbocycles. The number of sulfonamides is 1. The Morgan fingerprint density at radius 3 is 2.50 bits per heavy atom. The monoisotopic (exact) mass is 321 g/mol. The lowest BCUT2D eigenvalue weighted by Crippen LogP contribution is -2.27. The van der Waals surface area contributed by atoms with Crippen molar-refractivity contribution in [3.8, 4) is 0 Å². The van der Waals surface area contributed by atoms with E-state index in [-0.39, 0.29) is 24.0 Å². The topological polar surface area (TPSA) is 72.5 Å². The molecule has 1 N–H and O–H groups in total. The van der Waals surface area contributed by atoms with Crippen LogP contribution in [0.4, 0.5) is 0 Å².